The number of nitrogens with one attached hydrogen (secondary N) is 1. The van der Waals surface area contributed by atoms with Crippen LogP contribution in [0, 0.1) is 0 Å². The number of hydrogen-bond acceptors (Lipinski definition) is 4. The van der Waals surface area contributed by atoms with Crippen molar-refractivity contribution in [3.63, 3.8) is 0 Å². The minimum Gasteiger partial charge on any atom is -0.313 e. The van der Waals surface area contributed by atoms with E-state index in [2.05, 4.69) is 33.3 Å². The van der Waals surface area contributed by atoms with E-state index in [9.17, 15) is 0 Å². The Bertz CT molecular complexity index is 511. The van der Waals surface area contributed by atoms with Crippen LogP contribution in [0.4, 0.5) is 0 Å². The molecule has 1 unspecified atom stereocenters. The van der Waals surface area contributed by atoms with Crippen molar-refractivity contribution in [1.82, 2.24) is 24.6 Å². The molecule has 0 amide bonds. The quantitative estimate of drug-likeness (QED) is 0.900. The molecule has 1 saturated heterocycles. The van der Waals surface area contributed by atoms with Crippen LogP contribution in [-0.2, 0) is 6.54 Å². The van der Waals surface area contributed by atoms with Crippen LogP contribution in [0.1, 0.15) is 31.9 Å². The summed E-state index contributed by atoms with van der Waals surface area (Å²) in [5.74, 6) is 0.786. The average molecular weight is 273 g/mol. The molecule has 2 aromatic rings. The van der Waals surface area contributed by atoms with Crippen molar-refractivity contribution in [2.75, 3.05) is 19.6 Å². The van der Waals surface area contributed by atoms with Crippen LogP contribution in [0.2, 0.25) is 0 Å². The first-order valence-electron chi connectivity index (χ1n) is 7.59. The van der Waals surface area contributed by atoms with Crippen LogP contribution in [0.5, 0.6) is 0 Å². The molecule has 1 aliphatic rings. The Morgan fingerprint density at radius 3 is 3.15 bits per heavy atom. The summed E-state index contributed by atoms with van der Waals surface area (Å²) < 4.78 is 1.99. The molecule has 0 spiro atoms. The van der Waals surface area contributed by atoms with E-state index in [-0.39, 0.29) is 0 Å². The Balaban J connectivity index is 1.64. The highest BCUT2D eigenvalue weighted by atomic mass is 15.2. The summed E-state index contributed by atoms with van der Waals surface area (Å²) in [5, 5.41) is 3.62. The third-order valence-electron chi connectivity index (χ3n) is 4.01. The van der Waals surface area contributed by atoms with Crippen LogP contribution in [-0.4, -0.2) is 44.9 Å². The molecule has 5 heteroatoms. The lowest BCUT2D eigenvalue weighted by molar-refractivity contribution is 0.224. The molecule has 3 heterocycles. The third kappa shape index (κ3) is 3.16. The van der Waals surface area contributed by atoms with E-state index in [0.717, 1.165) is 31.1 Å². The zero-order valence-electron chi connectivity index (χ0n) is 12.1. The fraction of sp³-hybridized carbons (Fsp3) is 0.600. The smallest absolute Gasteiger partial charge is 0.233 e. The van der Waals surface area contributed by atoms with Crippen molar-refractivity contribution in [1.29, 1.82) is 0 Å². The lowest BCUT2D eigenvalue weighted by Crippen LogP contribution is -2.43. The molecular weight excluding hydrogens is 250 g/mol. The van der Waals surface area contributed by atoms with Gasteiger partial charge in [0.2, 0.25) is 5.78 Å². The second-order valence-electron chi connectivity index (χ2n) is 5.53. The number of fused-ring (bicyclic) bond motifs is 1. The molecule has 2 aromatic heterocycles. The first-order valence-corrected chi connectivity index (χ1v) is 7.59. The van der Waals surface area contributed by atoms with E-state index in [1.54, 1.807) is 6.20 Å². The summed E-state index contributed by atoms with van der Waals surface area (Å²) in [4.78, 5) is 11.3. The van der Waals surface area contributed by atoms with Crippen molar-refractivity contribution >= 4 is 5.78 Å². The molecule has 0 radical (unpaired) electrons. The summed E-state index contributed by atoms with van der Waals surface area (Å²) in [7, 11) is 0. The van der Waals surface area contributed by atoms with Crippen LogP contribution in [0.15, 0.2) is 24.7 Å². The molecule has 0 saturated carbocycles. The normalized spacial score (nSPS) is 19.8. The lowest BCUT2D eigenvalue weighted by Gasteiger charge is -2.29. The molecule has 20 heavy (non-hydrogen) atoms. The first-order chi connectivity index (χ1) is 9.85. The van der Waals surface area contributed by atoms with Gasteiger partial charge in [-0.2, -0.15) is 0 Å². The second-order valence-corrected chi connectivity index (χ2v) is 5.53. The highest BCUT2D eigenvalue weighted by Crippen LogP contribution is 2.11. The summed E-state index contributed by atoms with van der Waals surface area (Å²) in [6.45, 7) is 6.45. The zero-order chi connectivity index (χ0) is 13.8. The SMILES string of the molecule is CCN(Cc1cn2cccnc2n1)CC1CCCCN1. The molecule has 0 aromatic carbocycles. The van der Waals surface area contributed by atoms with Crippen molar-refractivity contribution < 1.29 is 0 Å². The molecular formula is C15H23N5. The summed E-state index contributed by atoms with van der Waals surface area (Å²) >= 11 is 0. The topological polar surface area (TPSA) is 45.5 Å². The number of aromatic nitrogens is 3. The van der Waals surface area contributed by atoms with Crippen molar-refractivity contribution in [3.8, 4) is 0 Å². The summed E-state index contributed by atoms with van der Waals surface area (Å²) in [5.41, 5.74) is 1.10. The van der Waals surface area contributed by atoms with Crippen LogP contribution >= 0.6 is 0 Å². The maximum absolute atomic E-state index is 4.58. The number of piperidine rings is 1. The van der Waals surface area contributed by atoms with Crippen LogP contribution in [0.3, 0.4) is 0 Å². The molecule has 0 aliphatic carbocycles. The van der Waals surface area contributed by atoms with Gasteiger partial charge >= 0.3 is 0 Å². The van der Waals surface area contributed by atoms with Gasteiger partial charge in [0.25, 0.3) is 0 Å². The molecule has 1 aliphatic heterocycles. The van der Waals surface area contributed by atoms with Crippen molar-refractivity contribution in [2.45, 2.75) is 38.8 Å². The van der Waals surface area contributed by atoms with Gasteiger partial charge in [0.1, 0.15) is 0 Å². The fourth-order valence-corrected chi connectivity index (χ4v) is 2.88. The maximum atomic E-state index is 4.58. The zero-order valence-corrected chi connectivity index (χ0v) is 12.1. The average Bonchev–Trinajstić information content (AvgIpc) is 2.90. The largest absolute Gasteiger partial charge is 0.313 e. The monoisotopic (exact) mass is 273 g/mol. The first kappa shape index (κ1) is 13.5. The lowest BCUT2D eigenvalue weighted by atomic mass is 10.0. The minimum absolute atomic E-state index is 0.638. The van der Waals surface area contributed by atoms with Gasteiger partial charge in [-0.15, -0.1) is 0 Å². The Kier molecular flexibility index (Phi) is 4.28. The minimum atomic E-state index is 0.638. The van der Waals surface area contributed by atoms with Gasteiger partial charge in [-0.1, -0.05) is 13.3 Å². The van der Waals surface area contributed by atoms with E-state index in [1.165, 1.54) is 25.8 Å². The maximum Gasteiger partial charge on any atom is 0.233 e. The predicted octanol–water partition coefficient (Wildman–Crippen LogP) is 1.69. The van der Waals surface area contributed by atoms with Gasteiger partial charge in [-0.05, 0) is 32.0 Å². The van der Waals surface area contributed by atoms with E-state index in [0.29, 0.717) is 6.04 Å². The van der Waals surface area contributed by atoms with Crippen molar-refractivity contribution in [3.05, 3.63) is 30.4 Å². The number of nitrogens with zero attached hydrogens (tertiary/aromatic N) is 4. The number of imidazole rings is 1. The highest BCUT2D eigenvalue weighted by Gasteiger charge is 2.16. The molecule has 1 fully saturated rings. The molecule has 3 rings (SSSR count). The molecule has 1 N–H and O–H groups in total. The Labute approximate surface area is 120 Å². The third-order valence-corrected chi connectivity index (χ3v) is 4.01. The fourth-order valence-electron chi connectivity index (χ4n) is 2.88. The Morgan fingerprint density at radius 1 is 1.45 bits per heavy atom. The summed E-state index contributed by atoms with van der Waals surface area (Å²) in [6, 6.07) is 2.57. The number of hydrogen-bond donors (Lipinski definition) is 1. The Morgan fingerprint density at radius 2 is 2.40 bits per heavy atom. The van der Waals surface area contributed by atoms with Crippen LogP contribution < -0.4 is 5.32 Å². The molecule has 0 bridgehead atoms. The highest BCUT2D eigenvalue weighted by molar-refractivity contribution is 5.29. The van der Waals surface area contributed by atoms with Gasteiger partial charge < -0.3 is 5.32 Å². The van der Waals surface area contributed by atoms with Crippen LogP contribution in [0.25, 0.3) is 5.78 Å². The van der Waals surface area contributed by atoms with Crippen molar-refractivity contribution in [2.24, 2.45) is 0 Å². The molecule has 1 atom stereocenters. The van der Waals surface area contributed by atoms with Gasteiger partial charge in [-0.3, -0.25) is 9.30 Å². The number of rotatable bonds is 5. The van der Waals surface area contributed by atoms with E-state index < -0.39 is 0 Å². The predicted molar refractivity (Wildman–Crippen MR) is 79.6 cm³/mol. The van der Waals surface area contributed by atoms with E-state index >= 15 is 0 Å². The second kappa shape index (κ2) is 6.33. The molecule has 5 nitrogen and oxygen atoms in total. The number of likely N-dealkylation sites (N-methyl/N-ethyl adjacent to an activating group) is 1. The van der Waals surface area contributed by atoms with E-state index in [1.807, 2.05) is 16.7 Å². The van der Waals surface area contributed by atoms with Gasteiger partial charge in [0.15, 0.2) is 0 Å². The van der Waals surface area contributed by atoms with Gasteiger partial charge in [-0.25, -0.2) is 9.97 Å². The van der Waals surface area contributed by atoms with Gasteiger partial charge in [0, 0.05) is 37.7 Å². The standard InChI is InChI=1S/C15H23N5/c1-2-19(10-13-6-3-4-7-16-13)11-14-12-20-9-5-8-17-15(20)18-14/h5,8-9,12-13,16H,2-4,6-7,10-11H2,1H3. The van der Waals surface area contributed by atoms with E-state index in [4.69, 9.17) is 0 Å². The van der Waals surface area contributed by atoms with Gasteiger partial charge in [0.05, 0.1) is 5.69 Å². The molecule has 108 valence electrons. The summed E-state index contributed by atoms with van der Waals surface area (Å²) in [6.07, 6.45) is 9.84. The Hall–Kier alpha value is -1.46.